The number of hydrogen-bond donors (Lipinski definition) is 3. The number of benzene rings is 2. The van der Waals surface area contributed by atoms with Crippen molar-refractivity contribution in [2.45, 2.75) is 31.7 Å². The normalized spacial score (nSPS) is 12.3. The summed E-state index contributed by atoms with van der Waals surface area (Å²) in [7, 11) is 0. The summed E-state index contributed by atoms with van der Waals surface area (Å²) in [4.78, 5) is 28.0. The number of fused-ring (bicyclic) bond motifs is 1. The van der Waals surface area contributed by atoms with E-state index in [1.165, 1.54) is 28.7 Å². The number of rotatable bonds is 6. The summed E-state index contributed by atoms with van der Waals surface area (Å²) >= 11 is 8.19. The van der Waals surface area contributed by atoms with E-state index in [2.05, 4.69) is 22.0 Å². The van der Waals surface area contributed by atoms with Crippen molar-refractivity contribution in [1.29, 1.82) is 5.26 Å². The number of nitrogens with zero attached hydrogens (tertiary/aromatic N) is 2. The molecule has 2 heterocycles. The molecule has 0 saturated carbocycles. The molecule has 3 N–H and O–H groups in total. The minimum Gasteiger partial charge on any atom is -0.337 e. The van der Waals surface area contributed by atoms with Gasteiger partial charge in [0.05, 0.1) is 17.9 Å². The number of thiocarbonyl (C=S) groups is 1. The van der Waals surface area contributed by atoms with Crippen LogP contribution in [-0.2, 0) is 22.6 Å². The van der Waals surface area contributed by atoms with Gasteiger partial charge in [-0.05, 0) is 61.5 Å². The maximum Gasteiger partial charge on any atom is 0.235 e. The summed E-state index contributed by atoms with van der Waals surface area (Å²) in [6.45, 7) is 4.64. The maximum absolute atomic E-state index is 12.7. The van der Waals surface area contributed by atoms with Crippen molar-refractivity contribution < 1.29 is 9.59 Å². The van der Waals surface area contributed by atoms with Crippen molar-refractivity contribution in [2.75, 3.05) is 28.2 Å². The Balaban J connectivity index is 1.33. The third kappa shape index (κ3) is 6.43. The van der Waals surface area contributed by atoms with Crippen molar-refractivity contribution in [3.63, 3.8) is 0 Å². The summed E-state index contributed by atoms with van der Waals surface area (Å²) in [5, 5.41) is 19.9. The number of anilines is 3. The van der Waals surface area contributed by atoms with Crippen LogP contribution in [0.5, 0.6) is 0 Å². The topological polar surface area (TPSA) is 97.3 Å². The van der Waals surface area contributed by atoms with E-state index in [9.17, 15) is 14.9 Å². The van der Waals surface area contributed by atoms with Crippen molar-refractivity contribution in [2.24, 2.45) is 0 Å². The third-order valence-electron chi connectivity index (χ3n) is 5.64. The third-order valence-corrected chi connectivity index (χ3v) is 7.97. The molecule has 4 rings (SSSR count). The molecule has 0 fully saturated rings. The molecule has 0 saturated heterocycles. The fourth-order valence-electron chi connectivity index (χ4n) is 3.78. The zero-order valence-corrected chi connectivity index (χ0v) is 22.3. The van der Waals surface area contributed by atoms with Gasteiger partial charge in [0.1, 0.15) is 11.1 Å². The number of nitriles is 1. The minimum absolute atomic E-state index is 0.0120. The second-order valence-corrected chi connectivity index (χ2v) is 10.9. The van der Waals surface area contributed by atoms with Crippen LogP contribution in [0.15, 0.2) is 53.4 Å². The highest BCUT2D eigenvalue weighted by Gasteiger charge is 2.26. The maximum atomic E-state index is 12.7. The molecule has 10 heteroatoms. The molecule has 0 atom stereocenters. The molecule has 2 amide bonds. The van der Waals surface area contributed by atoms with E-state index in [1.54, 1.807) is 11.8 Å². The first-order chi connectivity index (χ1) is 17.3. The highest BCUT2D eigenvalue weighted by Crippen LogP contribution is 2.37. The summed E-state index contributed by atoms with van der Waals surface area (Å²) < 4.78 is 0. The van der Waals surface area contributed by atoms with Gasteiger partial charge < -0.3 is 20.9 Å². The zero-order valence-electron chi connectivity index (χ0n) is 19.9. The van der Waals surface area contributed by atoms with Crippen LogP contribution in [0.3, 0.4) is 0 Å². The average molecular weight is 536 g/mol. The molecule has 0 bridgehead atoms. The van der Waals surface area contributed by atoms with E-state index >= 15 is 0 Å². The average Bonchev–Trinajstić information content (AvgIpc) is 3.20. The van der Waals surface area contributed by atoms with Crippen LogP contribution < -0.4 is 16.0 Å². The Bertz CT molecular complexity index is 1340. The van der Waals surface area contributed by atoms with Gasteiger partial charge in [-0.1, -0.05) is 23.8 Å². The van der Waals surface area contributed by atoms with Gasteiger partial charge in [-0.2, -0.15) is 5.26 Å². The molecule has 36 heavy (non-hydrogen) atoms. The first-order valence-electron chi connectivity index (χ1n) is 11.3. The molecule has 0 spiro atoms. The number of nitrogens with one attached hydrogen (secondary N) is 3. The predicted octanol–water partition coefficient (Wildman–Crippen LogP) is 5.37. The molecule has 0 radical (unpaired) electrons. The quantitative estimate of drug-likeness (QED) is 0.288. The number of thioether (sulfide) groups is 1. The highest BCUT2D eigenvalue weighted by atomic mass is 32.2. The second kappa shape index (κ2) is 11.6. The Morgan fingerprint density at radius 3 is 2.61 bits per heavy atom. The fourth-order valence-corrected chi connectivity index (χ4v) is 6.00. The van der Waals surface area contributed by atoms with Crippen LogP contribution in [-0.4, -0.2) is 34.1 Å². The minimum atomic E-state index is -0.187. The van der Waals surface area contributed by atoms with Gasteiger partial charge in [0.15, 0.2) is 5.11 Å². The molecule has 184 valence electrons. The number of hydrogen-bond acceptors (Lipinski definition) is 6. The lowest BCUT2D eigenvalue weighted by molar-refractivity contribution is -0.129. The van der Waals surface area contributed by atoms with Crippen LogP contribution in [0.2, 0.25) is 0 Å². The number of amides is 2. The first kappa shape index (κ1) is 25.7. The van der Waals surface area contributed by atoms with Gasteiger partial charge in [-0.25, -0.2) is 0 Å². The standard InChI is InChI=1S/C26H25N5O2S3/c1-16-6-8-18(9-7-16)28-26(34)29-19-4-3-5-20(12-19)35-15-24(33)30-25-22(13-27)21-10-11-31(17(2)32)14-23(21)36-25/h3-9,12H,10-11,14-15H2,1-2H3,(H,30,33)(H2,28,29,34). The van der Waals surface area contributed by atoms with Crippen molar-refractivity contribution in [3.05, 3.63) is 70.1 Å². The van der Waals surface area contributed by atoms with Crippen LogP contribution in [0.25, 0.3) is 0 Å². The van der Waals surface area contributed by atoms with E-state index in [0.717, 1.165) is 26.7 Å². The molecule has 1 aliphatic heterocycles. The van der Waals surface area contributed by atoms with E-state index < -0.39 is 0 Å². The molecule has 0 aliphatic carbocycles. The molecular formula is C26H25N5O2S3. The highest BCUT2D eigenvalue weighted by molar-refractivity contribution is 8.00. The molecule has 1 aromatic heterocycles. The predicted molar refractivity (Wildman–Crippen MR) is 151 cm³/mol. The first-order valence-corrected chi connectivity index (χ1v) is 13.5. The van der Waals surface area contributed by atoms with Crippen LogP contribution >= 0.6 is 35.3 Å². The molecule has 1 aliphatic rings. The van der Waals surface area contributed by atoms with Crippen molar-refractivity contribution in [3.8, 4) is 6.07 Å². The van der Waals surface area contributed by atoms with Gasteiger partial charge in [0, 0.05) is 34.6 Å². The number of aryl methyl sites for hydroxylation is 1. The Labute approximate surface area is 223 Å². The van der Waals surface area contributed by atoms with E-state index in [1.807, 2.05) is 55.5 Å². The lowest BCUT2D eigenvalue weighted by Crippen LogP contribution is -2.33. The van der Waals surface area contributed by atoms with E-state index in [4.69, 9.17) is 12.2 Å². The Kier molecular flexibility index (Phi) is 8.25. The Hall–Kier alpha value is -3.39. The molecular weight excluding hydrogens is 511 g/mol. The lowest BCUT2D eigenvalue weighted by Gasteiger charge is -2.25. The fraction of sp³-hybridized carbons (Fsp3) is 0.231. The van der Waals surface area contributed by atoms with Crippen molar-refractivity contribution >= 4 is 68.6 Å². The summed E-state index contributed by atoms with van der Waals surface area (Å²) in [6.07, 6.45) is 0.624. The molecule has 0 unspecified atom stereocenters. The van der Waals surface area contributed by atoms with Crippen LogP contribution in [0.4, 0.5) is 16.4 Å². The Morgan fingerprint density at radius 2 is 1.89 bits per heavy atom. The molecule has 7 nitrogen and oxygen atoms in total. The zero-order chi connectivity index (χ0) is 25.7. The van der Waals surface area contributed by atoms with E-state index in [-0.39, 0.29) is 17.6 Å². The number of carbonyl (C=O) groups excluding carboxylic acids is 2. The van der Waals surface area contributed by atoms with Crippen LogP contribution in [0.1, 0.15) is 28.5 Å². The SMILES string of the molecule is CC(=O)N1CCc2c(sc(NC(=O)CSc3cccc(NC(=S)Nc4ccc(C)cc4)c3)c2C#N)C1. The number of carbonyl (C=O) groups is 2. The smallest absolute Gasteiger partial charge is 0.235 e. The van der Waals surface area contributed by atoms with Gasteiger partial charge >= 0.3 is 0 Å². The summed E-state index contributed by atoms with van der Waals surface area (Å²) in [6, 6.07) is 17.9. The summed E-state index contributed by atoms with van der Waals surface area (Å²) in [5.41, 5.74) is 4.35. The van der Waals surface area contributed by atoms with Gasteiger partial charge in [-0.15, -0.1) is 23.1 Å². The van der Waals surface area contributed by atoms with Crippen molar-refractivity contribution in [1.82, 2.24) is 4.90 Å². The number of thiophene rings is 1. The second-order valence-electron chi connectivity index (χ2n) is 8.32. The van der Waals surface area contributed by atoms with Crippen LogP contribution in [0, 0.1) is 18.3 Å². The monoisotopic (exact) mass is 535 g/mol. The molecule has 3 aromatic rings. The summed E-state index contributed by atoms with van der Waals surface area (Å²) in [5.74, 6) is 0.0223. The van der Waals surface area contributed by atoms with Gasteiger partial charge in [0.2, 0.25) is 11.8 Å². The van der Waals surface area contributed by atoms with Gasteiger partial charge in [-0.3, -0.25) is 9.59 Å². The molecule has 2 aromatic carbocycles. The van der Waals surface area contributed by atoms with E-state index in [0.29, 0.717) is 35.2 Å². The lowest BCUT2D eigenvalue weighted by atomic mass is 10.0. The largest absolute Gasteiger partial charge is 0.337 e. The Morgan fingerprint density at radius 1 is 1.14 bits per heavy atom. The van der Waals surface area contributed by atoms with Gasteiger partial charge in [0.25, 0.3) is 0 Å².